The Bertz CT molecular complexity index is 443. The average molecular weight is 350 g/mol. The van der Waals surface area contributed by atoms with Crippen molar-refractivity contribution in [2.24, 2.45) is 5.92 Å². The molecule has 20 heavy (non-hydrogen) atoms. The third-order valence-electron chi connectivity index (χ3n) is 2.61. The van der Waals surface area contributed by atoms with Crippen LogP contribution < -0.4 is 5.32 Å². The minimum absolute atomic E-state index is 0.214. The molecule has 0 radical (unpaired) electrons. The second-order valence-electron chi connectivity index (χ2n) is 4.80. The maximum atomic E-state index is 13.5. The van der Waals surface area contributed by atoms with Crippen molar-refractivity contribution in [3.05, 3.63) is 33.8 Å². The standard InChI is InChI=1S/C14H18BrF2NO2/c1-9(2)3-5-20-6-4-18-14(19)13-11(16)7-10(15)8-12(13)17/h7-9H,3-6H2,1-2H3,(H,18,19). The number of ether oxygens (including phenoxy) is 1. The van der Waals surface area contributed by atoms with Crippen molar-refractivity contribution >= 4 is 21.8 Å². The average Bonchev–Trinajstić information content (AvgIpc) is 2.31. The van der Waals surface area contributed by atoms with Gasteiger partial charge in [0.25, 0.3) is 5.91 Å². The van der Waals surface area contributed by atoms with Crippen molar-refractivity contribution < 1.29 is 18.3 Å². The fraction of sp³-hybridized carbons (Fsp3) is 0.500. The van der Waals surface area contributed by atoms with Gasteiger partial charge in [-0.25, -0.2) is 8.78 Å². The maximum absolute atomic E-state index is 13.5. The second-order valence-corrected chi connectivity index (χ2v) is 5.71. The van der Waals surface area contributed by atoms with Crippen LogP contribution in [-0.4, -0.2) is 25.7 Å². The summed E-state index contributed by atoms with van der Waals surface area (Å²) >= 11 is 2.96. The van der Waals surface area contributed by atoms with Crippen LogP contribution in [0.4, 0.5) is 8.78 Å². The summed E-state index contributed by atoms with van der Waals surface area (Å²) in [5, 5.41) is 2.43. The third-order valence-corrected chi connectivity index (χ3v) is 3.06. The van der Waals surface area contributed by atoms with Gasteiger partial charge in [0.2, 0.25) is 0 Å². The zero-order valence-corrected chi connectivity index (χ0v) is 13.1. The molecule has 0 atom stereocenters. The Balaban J connectivity index is 2.40. The number of hydrogen-bond acceptors (Lipinski definition) is 2. The molecule has 112 valence electrons. The molecule has 1 amide bonds. The zero-order chi connectivity index (χ0) is 15.1. The first-order valence-corrected chi connectivity index (χ1v) is 7.21. The SMILES string of the molecule is CC(C)CCOCCNC(=O)c1c(F)cc(Br)cc1F. The topological polar surface area (TPSA) is 38.3 Å². The van der Waals surface area contributed by atoms with Gasteiger partial charge < -0.3 is 10.1 Å². The highest BCUT2D eigenvalue weighted by Gasteiger charge is 2.17. The minimum atomic E-state index is -0.893. The van der Waals surface area contributed by atoms with Crippen molar-refractivity contribution in [1.29, 1.82) is 0 Å². The lowest BCUT2D eigenvalue weighted by molar-refractivity contribution is 0.0898. The smallest absolute Gasteiger partial charge is 0.257 e. The molecule has 0 saturated carbocycles. The number of halogens is 3. The van der Waals surface area contributed by atoms with E-state index in [1.54, 1.807) is 0 Å². The van der Waals surface area contributed by atoms with E-state index in [1.165, 1.54) is 0 Å². The van der Waals surface area contributed by atoms with Gasteiger partial charge in [-0.1, -0.05) is 29.8 Å². The number of rotatable bonds is 7. The van der Waals surface area contributed by atoms with Gasteiger partial charge in [-0.15, -0.1) is 0 Å². The summed E-state index contributed by atoms with van der Waals surface area (Å²) in [5.74, 6) is -2.01. The summed E-state index contributed by atoms with van der Waals surface area (Å²) < 4.78 is 32.6. The minimum Gasteiger partial charge on any atom is -0.380 e. The summed E-state index contributed by atoms with van der Waals surface area (Å²) in [5.41, 5.74) is -0.574. The molecular formula is C14H18BrF2NO2. The molecule has 0 bridgehead atoms. The first-order chi connectivity index (χ1) is 9.41. The van der Waals surface area contributed by atoms with Crippen LogP contribution >= 0.6 is 15.9 Å². The molecule has 0 aliphatic rings. The van der Waals surface area contributed by atoms with Gasteiger partial charge in [-0.3, -0.25) is 4.79 Å². The second kappa shape index (κ2) is 8.32. The van der Waals surface area contributed by atoms with Crippen LogP contribution in [0, 0.1) is 17.6 Å². The van der Waals surface area contributed by atoms with E-state index in [0.717, 1.165) is 18.6 Å². The summed E-state index contributed by atoms with van der Waals surface area (Å²) in [6.07, 6.45) is 0.934. The van der Waals surface area contributed by atoms with Gasteiger partial charge in [-0.2, -0.15) is 0 Å². The largest absolute Gasteiger partial charge is 0.380 e. The lowest BCUT2D eigenvalue weighted by Crippen LogP contribution is -2.29. The van der Waals surface area contributed by atoms with Crippen molar-refractivity contribution in [2.75, 3.05) is 19.8 Å². The van der Waals surface area contributed by atoms with Crippen LogP contribution in [0.25, 0.3) is 0 Å². The van der Waals surface area contributed by atoms with Crippen LogP contribution in [0.5, 0.6) is 0 Å². The van der Waals surface area contributed by atoms with Crippen molar-refractivity contribution in [1.82, 2.24) is 5.32 Å². The lowest BCUT2D eigenvalue weighted by atomic mass is 10.1. The number of benzene rings is 1. The molecule has 3 nitrogen and oxygen atoms in total. The maximum Gasteiger partial charge on any atom is 0.257 e. The highest BCUT2D eigenvalue weighted by Crippen LogP contribution is 2.19. The van der Waals surface area contributed by atoms with Crippen LogP contribution in [0.1, 0.15) is 30.6 Å². The molecule has 0 spiro atoms. The van der Waals surface area contributed by atoms with Crippen molar-refractivity contribution in [3.63, 3.8) is 0 Å². The van der Waals surface area contributed by atoms with E-state index in [2.05, 4.69) is 35.1 Å². The van der Waals surface area contributed by atoms with Crippen molar-refractivity contribution in [3.8, 4) is 0 Å². The summed E-state index contributed by atoms with van der Waals surface area (Å²) in [6.45, 7) is 5.31. The quantitative estimate of drug-likeness (QED) is 0.765. The highest BCUT2D eigenvalue weighted by molar-refractivity contribution is 9.10. The van der Waals surface area contributed by atoms with Crippen molar-refractivity contribution in [2.45, 2.75) is 20.3 Å². The lowest BCUT2D eigenvalue weighted by Gasteiger charge is -2.09. The Labute approximate surface area is 125 Å². The molecular weight excluding hydrogens is 332 g/mol. The predicted molar refractivity (Wildman–Crippen MR) is 76.7 cm³/mol. The molecule has 1 rings (SSSR count). The molecule has 0 fully saturated rings. The van der Waals surface area contributed by atoms with Gasteiger partial charge in [0.1, 0.15) is 17.2 Å². The Kier molecular flexibility index (Phi) is 7.09. The molecule has 0 heterocycles. The Morgan fingerprint density at radius 2 is 1.90 bits per heavy atom. The molecule has 6 heteroatoms. The molecule has 0 aliphatic carbocycles. The monoisotopic (exact) mass is 349 g/mol. The number of carbonyl (C=O) groups excluding carboxylic acids is 1. The fourth-order valence-corrected chi connectivity index (χ4v) is 1.91. The molecule has 0 saturated heterocycles. The highest BCUT2D eigenvalue weighted by atomic mass is 79.9. The molecule has 1 N–H and O–H groups in total. The fourth-order valence-electron chi connectivity index (χ4n) is 1.51. The summed E-state index contributed by atoms with van der Waals surface area (Å²) in [7, 11) is 0. The molecule has 0 aromatic heterocycles. The molecule has 0 unspecified atom stereocenters. The molecule has 1 aromatic rings. The summed E-state index contributed by atoms with van der Waals surface area (Å²) in [6, 6.07) is 2.11. The zero-order valence-electron chi connectivity index (χ0n) is 11.5. The predicted octanol–water partition coefficient (Wildman–Crippen LogP) is 3.52. The first-order valence-electron chi connectivity index (χ1n) is 6.42. The van der Waals surface area contributed by atoms with E-state index >= 15 is 0 Å². The van der Waals surface area contributed by atoms with Crippen LogP contribution in [0.15, 0.2) is 16.6 Å². The Morgan fingerprint density at radius 1 is 1.30 bits per heavy atom. The Morgan fingerprint density at radius 3 is 2.45 bits per heavy atom. The number of hydrogen-bond donors (Lipinski definition) is 1. The normalized spacial score (nSPS) is 10.9. The van der Waals surface area contributed by atoms with Gasteiger partial charge in [0, 0.05) is 17.6 Å². The summed E-state index contributed by atoms with van der Waals surface area (Å²) in [4.78, 5) is 11.7. The van der Waals surface area contributed by atoms with Crippen LogP contribution in [-0.2, 0) is 4.74 Å². The van der Waals surface area contributed by atoms with Crippen LogP contribution in [0.3, 0.4) is 0 Å². The van der Waals surface area contributed by atoms with Crippen LogP contribution in [0.2, 0.25) is 0 Å². The van der Waals surface area contributed by atoms with E-state index in [0.29, 0.717) is 19.1 Å². The van der Waals surface area contributed by atoms with E-state index in [1.807, 2.05) is 0 Å². The Hall–Kier alpha value is -1.01. The first kappa shape index (κ1) is 17.0. The number of carbonyl (C=O) groups is 1. The molecule has 1 aromatic carbocycles. The third kappa shape index (κ3) is 5.54. The van der Waals surface area contributed by atoms with E-state index in [4.69, 9.17) is 4.74 Å². The van der Waals surface area contributed by atoms with Gasteiger partial charge in [0.15, 0.2) is 0 Å². The molecule has 0 aliphatic heterocycles. The van der Waals surface area contributed by atoms with Gasteiger partial charge >= 0.3 is 0 Å². The number of amides is 1. The van der Waals surface area contributed by atoms with Gasteiger partial charge in [-0.05, 0) is 24.5 Å². The van der Waals surface area contributed by atoms with E-state index in [9.17, 15) is 13.6 Å². The van der Waals surface area contributed by atoms with E-state index < -0.39 is 23.1 Å². The van der Waals surface area contributed by atoms with Gasteiger partial charge in [0.05, 0.1) is 6.61 Å². The number of nitrogens with one attached hydrogen (secondary N) is 1. The van der Waals surface area contributed by atoms with E-state index in [-0.39, 0.29) is 11.0 Å².